The van der Waals surface area contributed by atoms with Crippen LogP contribution in [-0.4, -0.2) is 44.2 Å². The highest BCUT2D eigenvalue weighted by molar-refractivity contribution is 7.99. The fourth-order valence-corrected chi connectivity index (χ4v) is 2.00. The molecule has 0 aromatic carbocycles. The summed E-state index contributed by atoms with van der Waals surface area (Å²) in [6, 6.07) is -0.196. The van der Waals surface area contributed by atoms with Crippen molar-refractivity contribution in [2.24, 2.45) is 0 Å². The number of aromatic nitrogens is 2. The summed E-state index contributed by atoms with van der Waals surface area (Å²) >= 11 is 1.46. The van der Waals surface area contributed by atoms with Gasteiger partial charge in [-0.25, -0.2) is 4.98 Å². The molecule has 0 bridgehead atoms. The van der Waals surface area contributed by atoms with Gasteiger partial charge in [0, 0.05) is 11.3 Å². The molecule has 9 heteroatoms. The highest BCUT2D eigenvalue weighted by Gasteiger charge is 2.22. The third-order valence-electron chi connectivity index (χ3n) is 2.39. The van der Waals surface area contributed by atoms with Crippen LogP contribution in [0.3, 0.4) is 0 Å². The summed E-state index contributed by atoms with van der Waals surface area (Å²) in [6.45, 7) is 1.77. The summed E-state index contributed by atoms with van der Waals surface area (Å²) in [5.41, 5.74) is 5.16. The number of anilines is 2. The van der Waals surface area contributed by atoms with Crippen molar-refractivity contribution in [2.45, 2.75) is 18.2 Å². The van der Waals surface area contributed by atoms with Crippen molar-refractivity contribution in [3.63, 3.8) is 0 Å². The van der Waals surface area contributed by atoms with Crippen LogP contribution >= 0.6 is 11.8 Å². The zero-order chi connectivity index (χ0) is 13.7. The van der Waals surface area contributed by atoms with Crippen molar-refractivity contribution in [2.75, 3.05) is 23.9 Å². The van der Waals surface area contributed by atoms with Gasteiger partial charge in [0.2, 0.25) is 11.8 Å². The molecule has 1 heterocycles. The Labute approximate surface area is 108 Å². The normalized spacial score (nSPS) is 13.9. The SMILES string of the molecule is CSC(CO)C(C)Nc1nc(N)ncc1[N+](=O)[O-]. The van der Waals surface area contributed by atoms with E-state index in [4.69, 9.17) is 10.8 Å². The van der Waals surface area contributed by atoms with Crippen molar-refractivity contribution in [3.05, 3.63) is 16.3 Å². The maximum absolute atomic E-state index is 10.8. The molecule has 0 saturated carbocycles. The molecule has 100 valence electrons. The van der Waals surface area contributed by atoms with Crippen LogP contribution in [0.4, 0.5) is 17.5 Å². The van der Waals surface area contributed by atoms with Crippen LogP contribution in [0.2, 0.25) is 0 Å². The zero-order valence-corrected chi connectivity index (χ0v) is 10.8. The Balaban J connectivity index is 2.95. The number of thioether (sulfide) groups is 1. The number of rotatable bonds is 6. The molecule has 4 N–H and O–H groups in total. The summed E-state index contributed by atoms with van der Waals surface area (Å²) in [5.74, 6) is 0.0208. The van der Waals surface area contributed by atoms with Crippen LogP contribution in [0, 0.1) is 10.1 Å². The minimum absolute atomic E-state index is 0.0380. The molecule has 0 aliphatic carbocycles. The van der Waals surface area contributed by atoms with Crippen molar-refractivity contribution in [1.82, 2.24) is 9.97 Å². The van der Waals surface area contributed by atoms with Gasteiger partial charge in [0.25, 0.3) is 0 Å². The Kier molecular flexibility index (Phi) is 5.10. The van der Waals surface area contributed by atoms with Gasteiger partial charge in [0.05, 0.1) is 11.5 Å². The van der Waals surface area contributed by atoms with E-state index in [0.29, 0.717) is 0 Å². The third kappa shape index (κ3) is 3.44. The highest BCUT2D eigenvalue weighted by atomic mass is 32.2. The molecule has 1 aromatic heterocycles. The highest BCUT2D eigenvalue weighted by Crippen LogP contribution is 2.23. The van der Waals surface area contributed by atoms with Crippen LogP contribution < -0.4 is 11.1 Å². The molecule has 0 saturated heterocycles. The van der Waals surface area contributed by atoms with Gasteiger partial charge in [-0.05, 0) is 13.2 Å². The molecule has 8 nitrogen and oxygen atoms in total. The molecule has 0 spiro atoms. The molecule has 0 radical (unpaired) electrons. The predicted octanol–water partition coefficient (Wildman–Crippen LogP) is 0.491. The van der Waals surface area contributed by atoms with Gasteiger partial charge in [0.1, 0.15) is 6.20 Å². The Morgan fingerprint density at radius 2 is 2.39 bits per heavy atom. The van der Waals surface area contributed by atoms with Crippen molar-refractivity contribution in [3.8, 4) is 0 Å². The standard InChI is InChI=1S/C9H15N5O3S/c1-5(7(4-15)18-2)12-8-6(14(16)17)3-11-9(10)13-8/h3,5,7,15H,4H2,1-2H3,(H3,10,11,12,13). The van der Waals surface area contributed by atoms with Crippen LogP contribution in [-0.2, 0) is 0 Å². The second-order valence-electron chi connectivity index (χ2n) is 3.61. The van der Waals surface area contributed by atoms with Gasteiger partial charge in [-0.1, -0.05) is 0 Å². The molecule has 0 aliphatic heterocycles. The van der Waals surface area contributed by atoms with E-state index in [0.717, 1.165) is 6.20 Å². The van der Waals surface area contributed by atoms with Gasteiger partial charge in [-0.15, -0.1) is 0 Å². The minimum atomic E-state index is -0.582. The Hall–Kier alpha value is -1.61. The van der Waals surface area contributed by atoms with E-state index in [-0.39, 0.29) is 35.4 Å². The van der Waals surface area contributed by atoms with E-state index in [1.54, 1.807) is 6.92 Å². The van der Waals surface area contributed by atoms with E-state index in [1.165, 1.54) is 11.8 Å². The number of aliphatic hydroxyl groups is 1. The molecule has 1 rings (SSSR count). The fraction of sp³-hybridized carbons (Fsp3) is 0.556. The summed E-state index contributed by atoms with van der Waals surface area (Å²) in [6.07, 6.45) is 2.91. The Morgan fingerprint density at radius 1 is 1.72 bits per heavy atom. The number of hydrogen-bond donors (Lipinski definition) is 3. The third-order valence-corrected chi connectivity index (χ3v) is 3.55. The lowest BCUT2D eigenvalue weighted by Gasteiger charge is -2.21. The first kappa shape index (κ1) is 14.5. The maximum Gasteiger partial charge on any atom is 0.329 e. The van der Waals surface area contributed by atoms with Crippen LogP contribution in [0.25, 0.3) is 0 Å². The number of nitrogen functional groups attached to an aromatic ring is 1. The lowest BCUT2D eigenvalue weighted by atomic mass is 10.2. The molecular formula is C9H15N5O3S. The van der Waals surface area contributed by atoms with Crippen molar-refractivity contribution >= 4 is 29.2 Å². The lowest BCUT2D eigenvalue weighted by Crippen LogP contribution is -2.31. The van der Waals surface area contributed by atoms with E-state index in [2.05, 4.69) is 15.3 Å². The zero-order valence-electron chi connectivity index (χ0n) is 10.0. The molecule has 0 aliphatic rings. The van der Waals surface area contributed by atoms with Gasteiger partial charge >= 0.3 is 5.69 Å². The monoisotopic (exact) mass is 273 g/mol. The smallest absolute Gasteiger partial charge is 0.329 e. The van der Waals surface area contributed by atoms with Gasteiger partial charge in [-0.2, -0.15) is 16.7 Å². The summed E-state index contributed by atoms with van der Waals surface area (Å²) in [7, 11) is 0. The summed E-state index contributed by atoms with van der Waals surface area (Å²) < 4.78 is 0. The average Bonchev–Trinajstić information content (AvgIpc) is 2.30. The van der Waals surface area contributed by atoms with Crippen LogP contribution in [0.15, 0.2) is 6.20 Å². The first-order valence-electron chi connectivity index (χ1n) is 5.16. The molecule has 2 unspecified atom stereocenters. The number of nitrogens with two attached hydrogens (primary N) is 1. The predicted molar refractivity (Wildman–Crippen MR) is 70.6 cm³/mol. The molecule has 18 heavy (non-hydrogen) atoms. The second-order valence-corrected chi connectivity index (χ2v) is 4.69. The molecule has 0 fully saturated rings. The topological polar surface area (TPSA) is 127 Å². The fourth-order valence-electron chi connectivity index (χ4n) is 1.37. The summed E-state index contributed by atoms with van der Waals surface area (Å²) in [5, 5.41) is 22.8. The minimum Gasteiger partial charge on any atom is -0.395 e. The first-order chi connectivity index (χ1) is 8.49. The lowest BCUT2D eigenvalue weighted by molar-refractivity contribution is -0.384. The number of hydrogen-bond acceptors (Lipinski definition) is 8. The van der Waals surface area contributed by atoms with Crippen LogP contribution in [0.5, 0.6) is 0 Å². The van der Waals surface area contributed by atoms with Gasteiger partial charge < -0.3 is 16.2 Å². The largest absolute Gasteiger partial charge is 0.395 e. The quantitative estimate of drug-likeness (QED) is 0.504. The number of nitrogens with one attached hydrogen (secondary N) is 1. The number of nitro groups is 1. The maximum atomic E-state index is 10.8. The van der Waals surface area contributed by atoms with Crippen LogP contribution in [0.1, 0.15) is 6.92 Å². The van der Waals surface area contributed by atoms with Crippen molar-refractivity contribution in [1.29, 1.82) is 0 Å². The van der Waals surface area contributed by atoms with Crippen molar-refractivity contribution < 1.29 is 10.0 Å². The summed E-state index contributed by atoms with van der Waals surface area (Å²) in [4.78, 5) is 17.6. The Morgan fingerprint density at radius 3 is 2.89 bits per heavy atom. The number of aliphatic hydroxyl groups excluding tert-OH is 1. The molecule has 0 amide bonds. The van der Waals surface area contributed by atoms with E-state index in [9.17, 15) is 10.1 Å². The van der Waals surface area contributed by atoms with E-state index < -0.39 is 4.92 Å². The Bertz CT molecular complexity index is 427. The average molecular weight is 273 g/mol. The first-order valence-corrected chi connectivity index (χ1v) is 6.45. The number of nitrogens with zero attached hydrogens (tertiary/aromatic N) is 3. The van der Waals surface area contributed by atoms with Gasteiger partial charge in [0.15, 0.2) is 0 Å². The second kappa shape index (κ2) is 6.36. The molecule has 2 atom stereocenters. The van der Waals surface area contributed by atoms with E-state index >= 15 is 0 Å². The van der Waals surface area contributed by atoms with Gasteiger partial charge in [-0.3, -0.25) is 10.1 Å². The molecule has 1 aromatic rings. The molecular weight excluding hydrogens is 258 g/mol. The van der Waals surface area contributed by atoms with E-state index in [1.807, 2.05) is 6.26 Å².